The number of piperazine rings is 1. The van der Waals surface area contributed by atoms with Crippen LogP contribution in [0.1, 0.15) is 5.56 Å². The lowest BCUT2D eigenvalue weighted by Gasteiger charge is -2.37. The Morgan fingerprint density at radius 3 is 2.54 bits per heavy atom. The third kappa shape index (κ3) is 4.92. The summed E-state index contributed by atoms with van der Waals surface area (Å²) in [6.45, 7) is 4.39. The molecule has 2 heterocycles. The highest BCUT2D eigenvalue weighted by atomic mass is 16.5. The fourth-order valence-corrected chi connectivity index (χ4v) is 3.44. The van der Waals surface area contributed by atoms with Gasteiger partial charge in [-0.1, -0.05) is 18.2 Å². The first kappa shape index (κ1) is 19.9. The first-order chi connectivity index (χ1) is 13.6. The topological polar surface area (TPSA) is 60.9 Å². The van der Waals surface area contributed by atoms with E-state index in [2.05, 4.69) is 26.2 Å². The number of likely N-dealkylation sites (N-methyl/N-ethyl adjacent to an activating group) is 1. The van der Waals surface area contributed by atoms with Crippen molar-refractivity contribution in [2.24, 2.45) is 0 Å². The second kappa shape index (κ2) is 9.41. The Hall–Kier alpha value is -2.80. The minimum atomic E-state index is 0.0146. The minimum Gasteiger partial charge on any atom is -0.495 e. The highest BCUT2D eigenvalue weighted by molar-refractivity contribution is 5.78. The van der Waals surface area contributed by atoms with Gasteiger partial charge in [-0.05, 0) is 32.3 Å². The van der Waals surface area contributed by atoms with Crippen LogP contribution in [-0.2, 0) is 11.3 Å². The number of nitrogens with zero attached hydrogens (tertiary/aromatic N) is 4. The van der Waals surface area contributed by atoms with Gasteiger partial charge in [-0.3, -0.25) is 4.79 Å². The van der Waals surface area contributed by atoms with Crippen LogP contribution in [-0.4, -0.2) is 69.7 Å². The van der Waals surface area contributed by atoms with Crippen LogP contribution in [0, 0.1) is 0 Å². The number of nitrogens with one attached hydrogen (secondary N) is 1. The van der Waals surface area contributed by atoms with Gasteiger partial charge >= 0.3 is 0 Å². The van der Waals surface area contributed by atoms with Crippen LogP contribution in [0.25, 0.3) is 0 Å². The van der Waals surface area contributed by atoms with E-state index in [1.165, 1.54) is 0 Å². The maximum Gasteiger partial charge on any atom is 0.234 e. The first-order valence-electron chi connectivity index (χ1n) is 9.56. The summed E-state index contributed by atoms with van der Waals surface area (Å²) in [4.78, 5) is 23.1. The lowest BCUT2D eigenvalue weighted by Crippen LogP contribution is -2.47. The molecule has 0 atom stereocenters. The van der Waals surface area contributed by atoms with Crippen LogP contribution >= 0.6 is 0 Å². The Morgan fingerprint density at radius 1 is 1.11 bits per heavy atom. The molecular formula is C21H29N5O2. The summed E-state index contributed by atoms with van der Waals surface area (Å²) >= 11 is 0. The minimum absolute atomic E-state index is 0.0146. The molecule has 1 amide bonds. The van der Waals surface area contributed by atoms with Gasteiger partial charge in [-0.15, -0.1) is 0 Å². The van der Waals surface area contributed by atoms with Crippen molar-refractivity contribution < 1.29 is 9.53 Å². The number of hydrogen-bond donors (Lipinski definition) is 1. The Balaban J connectivity index is 1.64. The molecule has 150 valence electrons. The van der Waals surface area contributed by atoms with Gasteiger partial charge < -0.3 is 24.8 Å². The van der Waals surface area contributed by atoms with E-state index in [1.807, 2.05) is 55.5 Å². The average molecular weight is 383 g/mol. The standard InChI is InChI=1S/C21H29N5O2/c1-24(2)16-20(27)23-15-17-7-6-10-22-21(17)26-13-11-25(12-14-26)18-8-4-5-9-19(18)28-3/h4-10H,11-16H2,1-3H3,(H,23,27). The zero-order valence-electron chi connectivity index (χ0n) is 16.9. The van der Waals surface area contributed by atoms with Crippen LogP contribution in [0.4, 0.5) is 11.5 Å². The zero-order valence-corrected chi connectivity index (χ0v) is 16.9. The summed E-state index contributed by atoms with van der Waals surface area (Å²) in [5.41, 5.74) is 2.17. The molecule has 0 aliphatic carbocycles. The van der Waals surface area contributed by atoms with Gasteiger partial charge in [0.05, 0.1) is 19.3 Å². The maximum atomic E-state index is 12.0. The number of methoxy groups -OCH3 is 1. The highest BCUT2D eigenvalue weighted by Gasteiger charge is 2.22. The van der Waals surface area contributed by atoms with Crippen molar-refractivity contribution in [3.05, 3.63) is 48.2 Å². The number of hydrogen-bond acceptors (Lipinski definition) is 6. The van der Waals surface area contributed by atoms with E-state index in [1.54, 1.807) is 7.11 Å². The van der Waals surface area contributed by atoms with E-state index < -0.39 is 0 Å². The summed E-state index contributed by atoms with van der Waals surface area (Å²) in [6.07, 6.45) is 1.81. The van der Waals surface area contributed by atoms with E-state index in [0.717, 1.165) is 49.0 Å². The molecule has 7 nitrogen and oxygen atoms in total. The molecule has 1 saturated heterocycles. The molecule has 2 aromatic rings. The number of rotatable bonds is 7. The second-order valence-electron chi connectivity index (χ2n) is 7.15. The third-order valence-electron chi connectivity index (χ3n) is 4.81. The first-order valence-corrected chi connectivity index (χ1v) is 9.56. The molecule has 7 heteroatoms. The predicted octanol–water partition coefficient (Wildman–Crippen LogP) is 1.59. The van der Waals surface area contributed by atoms with Crippen molar-refractivity contribution in [2.75, 3.05) is 63.7 Å². The number of carbonyl (C=O) groups excluding carboxylic acids is 1. The van der Waals surface area contributed by atoms with Crippen molar-refractivity contribution in [1.82, 2.24) is 15.2 Å². The third-order valence-corrected chi connectivity index (χ3v) is 4.81. The molecule has 1 aliphatic rings. The van der Waals surface area contributed by atoms with Gasteiger partial charge in [-0.2, -0.15) is 0 Å². The van der Waals surface area contributed by atoms with E-state index in [4.69, 9.17) is 4.74 Å². The molecule has 1 aromatic carbocycles. The van der Waals surface area contributed by atoms with Crippen LogP contribution in [0.15, 0.2) is 42.6 Å². The number of carbonyl (C=O) groups is 1. The molecule has 1 aliphatic heterocycles. The molecule has 28 heavy (non-hydrogen) atoms. The molecule has 0 spiro atoms. The van der Waals surface area contributed by atoms with E-state index in [0.29, 0.717) is 13.1 Å². The van der Waals surface area contributed by atoms with Gasteiger partial charge in [0.15, 0.2) is 0 Å². The number of para-hydroxylation sites is 2. The summed E-state index contributed by atoms with van der Waals surface area (Å²) in [6, 6.07) is 12.1. The number of aromatic nitrogens is 1. The molecule has 1 fully saturated rings. The Labute approximate surface area is 166 Å². The van der Waals surface area contributed by atoms with Crippen molar-refractivity contribution in [3.63, 3.8) is 0 Å². The fraction of sp³-hybridized carbons (Fsp3) is 0.429. The van der Waals surface area contributed by atoms with E-state index in [9.17, 15) is 4.79 Å². The Kier molecular flexibility index (Phi) is 6.71. The smallest absolute Gasteiger partial charge is 0.234 e. The maximum absolute atomic E-state index is 12.0. The summed E-state index contributed by atoms with van der Waals surface area (Å²) in [5, 5.41) is 2.99. The van der Waals surface area contributed by atoms with Crippen molar-refractivity contribution in [2.45, 2.75) is 6.54 Å². The van der Waals surface area contributed by atoms with Crippen molar-refractivity contribution >= 4 is 17.4 Å². The number of ether oxygens (including phenoxy) is 1. The largest absolute Gasteiger partial charge is 0.495 e. The van der Waals surface area contributed by atoms with Crippen LogP contribution in [0.5, 0.6) is 5.75 Å². The molecule has 0 bridgehead atoms. The van der Waals surface area contributed by atoms with Gasteiger partial charge in [-0.25, -0.2) is 4.98 Å². The molecule has 0 radical (unpaired) electrons. The molecular weight excluding hydrogens is 354 g/mol. The monoisotopic (exact) mass is 383 g/mol. The molecule has 1 N–H and O–H groups in total. The molecule has 3 rings (SSSR count). The number of amides is 1. The van der Waals surface area contributed by atoms with Crippen LogP contribution < -0.4 is 19.9 Å². The van der Waals surface area contributed by atoms with Gasteiger partial charge in [0.1, 0.15) is 11.6 Å². The second-order valence-corrected chi connectivity index (χ2v) is 7.15. The molecule has 1 aromatic heterocycles. The number of pyridine rings is 1. The lowest BCUT2D eigenvalue weighted by molar-refractivity contribution is -0.121. The van der Waals surface area contributed by atoms with Crippen molar-refractivity contribution in [1.29, 1.82) is 0 Å². The fourth-order valence-electron chi connectivity index (χ4n) is 3.44. The number of anilines is 2. The SMILES string of the molecule is COc1ccccc1N1CCN(c2ncccc2CNC(=O)CN(C)C)CC1. The Bertz CT molecular complexity index is 788. The molecule has 0 saturated carbocycles. The zero-order chi connectivity index (χ0) is 19.9. The average Bonchev–Trinajstić information content (AvgIpc) is 2.72. The normalized spacial score (nSPS) is 14.3. The number of benzene rings is 1. The summed E-state index contributed by atoms with van der Waals surface area (Å²) in [5.74, 6) is 1.87. The summed E-state index contributed by atoms with van der Waals surface area (Å²) < 4.78 is 5.50. The van der Waals surface area contributed by atoms with Gasteiger partial charge in [0.25, 0.3) is 0 Å². The Morgan fingerprint density at radius 2 is 1.82 bits per heavy atom. The lowest BCUT2D eigenvalue weighted by atomic mass is 10.2. The van der Waals surface area contributed by atoms with E-state index >= 15 is 0 Å². The van der Waals surface area contributed by atoms with Gasteiger partial charge in [0, 0.05) is 44.5 Å². The molecule has 0 unspecified atom stereocenters. The van der Waals surface area contributed by atoms with E-state index in [-0.39, 0.29) is 5.91 Å². The van der Waals surface area contributed by atoms with Crippen LogP contribution in [0.2, 0.25) is 0 Å². The highest BCUT2D eigenvalue weighted by Crippen LogP contribution is 2.29. The predicted molar refractivity (Wildman–Crippen MR) is 112 cm³/mol. The summed E-state index contributed by atoms with van der Waals surface area (Å²) in [7, 11) is 5.48. The quantitative estimate of drug-likeness (QED) is 0.784. The van der Waals surface area contributed by atoms with Crippen LogP contribution in [0.3, 0.4) is 0 Å². The van der Waals surface area contributed by atoms with Gasteiger partial charge in [0.2, 0.25) is 5.91 Å². The van der Waals surface area contributed by atoms with Crippen molar-refractivity contribution in [3.8, 4) is 5.75 Å².